The third kappa shape index (κ3) is 6.29. The third-order valence-electron chi connectivity index (χ3n) is 1.50. The van der Waals surface area contributed by atoms with Crippen LogP contribution >= 0.6 is 0 Å². The van der Waals surface area contributed by atoms with E-state index in [9.17, 15) is 9.90 Å². The number of hydrogen-bond acceptors (Lipinski definition) is 7. The van der Waals surface area contributed by atoms with Crippen molar-refractivity contribution in [3.8, 4) is 0 Å². The molecule has 0 aliphatic rings. The Morgan fingerprint density at radius 3 is 1.80 bits per heavy atom. The molecule has 7 nitrogen and oxygen atoms in total. The van der Waals surface area contributed by atoms with Crippen LogP contribution in [-0.2, 0) is 21.9 Å². The molecule has 0 unspecified atom stereocenters. The van der Waals surface area contributed by atoms with Crippen LogP contribution in [0.4, 0.5) is 0 Å². The summed E-state index contributed by atoms with van der Waals surface area (Å²) >= 11 is 0. The van der Waals surface area contributed by atoms with Crippen molar-refractivity contribution >= 4 is 5.97 Å². The SMILES string of the molecule is O=C([O-])[C@H](O)[C@@H](O)[C@H](O)[C@H](O)CO.[Cl-].[Cu+2]. The second kappa shape index (κ2) is 9.32. The fourth-order valence-electron chi connectivity index (χ4n) is 0.662. The summed E-state index contributed by atoms with van der Waals surface area (Å²) in [6, 6.07) is 0. The van der Waals surface area contributed by atoms with Gasteiger partial charge >= 0.3 is 17.1 Å². The molecule has 0 aliphatic heterocycles. The van der Waals surface area contributed by atoms with E-state index in [1.807, 2.05) is 0 Å². The Bertz CT molecular complexity index is 181. The van der Waals surface area contributed by atoms with Gasteiger partial charge in [-0.1, -0.05) is 0 Å². The molecule has 95 valence electrons. The number of carbonyl (C=O) groups excluding carboxylic acids is 1. The van der Waals surface area contributed by atoms with Crippen molar-refractivity contribution in [3.05, 3.63) is 0 Å². The van der Waals surface area contributed by atoms with Crippen molar-refractivity contribution in [1.82, 2.24) is 0 Å². The number of aliphatic carboxylic acids is 1. The van der Waals surface area contributed by atoms with Crippen molar-refractivity contribution in [2.24, 2.45) is 0 Å². The van der Waals surface area contributed by atoms with Gasteiger partial charge in [-0.05, 0) is 0 Å². The Balaban J connectivity index is -0.000000720. The van der Waals surface area contributed by atoms with Gasteiger partial charge in [-0.15, -0.1) is 0 Å². The van der Waals surface area contributed by atoms with E-state index < -0.39 is 37.0 Å². The van der Waals surface area contributed by atoms with Gasteiger partial charge in [0.2, 0.25) is 0 Å². The summed E-state index contributed by atoms with van der Waals surface area (Å²) in [5.74, 6) is -1.98. The maximum atomic E-state index is 9.98. The molecule has 0 heterocycles. The minimum Gasteiger partial charge on any atom is -1.00 e. The predicted molar refractivity (Wildman–Crippen MR) is 36.1 cm³/mol. The van der Waals surface area contributed by atoms with E-state index in [-0.39, 0.29) is 29.5 Å². The van der Waals surface area contributed by atoms with Crippen LogP contribution in [0, 0.1) is 0 Å². The molecule has 0 fully saturated rings. The topological polar surface area (TPSA) is 141 Å². The Hall–Kier alpha value is 0.0795. The van der Waals surface area contributed by atoms with Gasteiger partial charge in [-0.2, -0.15) is 0 Å². The number of halogens is 1. The van der Waals surface area contributed by atoms with Crippen LogP contribution in [0.15, 0.2) is 0 Å². The molecule has 1 radical (unpaired) electrons. The number of carboxylic acids is 1. The average Bonchev–Trinajstić information content (AvgIpc) is 2.12. The van der Waals surface area contributed by atoms with E-state index in [0.29, 0.717) is 0 Å². The van der Waals surface area contributed by atoms with Crippen LogP contribution in [0.25, 0.3) is 0 Å². The first-order chi connectivity index (χ1) is 5.91. The van der Waals surface area contributed by atoms with E-state index in [1.54, 1.807) is 0 Å². The van der Waals surface area contributed by atoms with E-state index in [0.717, 1.165) is 0 Å². The molecule has 0 saturated heterocycles. The Kier molecular flexibility index (Phi) is 12.7. The number of aliphatic hydroxyl groups excluding tert-OH is 5. The third-order valence-corrected chi connectivity index (χ3v) is 1.50. The summed E-state index contributed by atoms with van der Waals surface area (Å²) in [7, 11) is 0. The van der Waals surface area contributed by atoms with Crippen LogP contribution < -0.4 is 17.5 Å². The summed E-state index contributed by atoms with van der Waals surface area (Å²) in [6.07, 6.45) is -8.08. The zero-order valence-corrected chi connectivity index (χ0v) is 8.95. The van der Waals surface area contributed by atoms with Gasteiger partial charge in [0.15, 0.2) is 0 Å². The summed E-state index contributed by atoms with van der Waals surface area (Å²) in [5, 5.41) is 53.4. The number of aliphatic hydroxyl groups is 5. The van der Waals surface area contributed by atoms with Crippen molar-refractivity contribution in [2.75, 3.05) is 6.61 Å². The molecule has 0 spiro atoms. The van der Waals surface area contributed by atoms with Gasteiger partial charge in [-0.3, -0.25) is 0 Å². The molecule has 0 aromatic heterocycles. The molecule has 15 heavy (non-hydrogen) atoms. The number of hydrogen-bond donors (Lipinski definition) is 5. The van der Waals surface area contributed by atoms with Gasteiger partial charge in [0.25, 0.3) is 0 Å². The van der Waals surface area contributed by atoms with Crippen molar-refractivity contribution in [1.29, 1.82) is 0 Å². The maximum Gasteiger partial charge on any atom is 2.00 e. The smallest absolute Gasteiger partial charge is 1.00 e. The van der Waals surface area contributed by atoms with E-state index in [4.69, 9.17) is 25.5 Å². The van der Waals surface area contributed by atoms with Gasteiger partial charge in [-0.25, -0.2) is 0 Å². The largest absolute Gasteiger partial charge is 2.00 e. The molecule has 4 atom stereocenters. The minimum absolute atomic E-state index is 0. The molecule has 0 aromatic carbocycles. The van der Waals surface area contributed by atoms with Crippen LogP contribution in [0.1, 0.15) is 0 Å². The van der Waals surface area contributed by atoms with Gasteiger partial charge in [0.05, 0.1) is 12.6 Å². The summed E-state index contributed by atoms with van der Waals surface area (Å²) in [5.41, 5.74) is 0. The van der Waals surface area contributed by atoms with Crippen molar-refractivity contribution < 1.29 is 64.9 Å². The van der Waals surface area contributed by atoms with Crippen LogP contribution in [0.3, 0.4) is 0 Å². The zero-order valence-electron chi connectivity index (χ0n) is 7.25. The first-order valence-corrected chi connectivity index (χ1v) is 3.45. The Labute approximate surface area is 102 Å². The summed E-state index contributed by atoms with van der Waals surface area (Å²) in [4.78, 5) is 9.98. The molecular weight excluding hydrogens is 283 g/mol. The second-order valence-electron chi connectivity index (χ2n) is 2.49. The normalized spacial score (nSPS) is 17.7. The molecular formula is C6H11ClCuO7. The molecule has 5 N–H and O–H groups in total. The van der Waals surface area contributed by atoms with E-state index in [2.05, 4.69) is 0 Å². The molecule has 0 bridgehead atoms. The maximum absolute atomic E-state index is 9.98. The molecule has 0 aromatic rings. The molecule has 0 aliphatic carbocycles. The number of carbonyl (C=O) groups is 1. The fraction of sp³-hybridized carbons (Fsp3) is 0.833. The summed E-state index contributed by atoms with van der Waals surface area (Å²) in [6.45, 7) is -0.863. The first kappa shape index (κ1) is 20.5. The fourth-order valence-corrected chi connectivity index (χ4v) is 0.662. The average molecular weight is 294 g/mol. The van der Waals surface area contributed by atoms with Crippen LogP contribution in [0.5, 0.6) is 0 Å². The molecule has 0 saturated carbocycles. The van der Waals surface area contributed by atoms with E-state index in [1.165, 1.54) is 0 Å². The Morgan fingerprint density at radius 1 is 1.13 bits per heavy atom. The minimum atomic E-state index is -2.31. The number of rotatable bonds is 5. The van der Waals surface area contributed by atoms with Crippen LogP contribution in [-0.4, -0.2) is 62.5 Å². The van der Waals surface area contributed by atoms with Gasteiger partial charge < -0.3 is 47.8 Å². The standard InChI is InChI=1S/C6H12O7.ClH.Cu/c7-1-2(8)3(9)4(10)5(11)6(12)13;;/h2-5,7-11H,1H2,(H,12,13);1H;/q;;+2/p-2/t2-,3-,4+,5-;;/m1../s1. The van der Waals surface area contributed by atoms with Gasteiger partial charge in [0.1, 0.15) is 24.4 Å². The van der Waals surface area contributed by atoms with Crippen molar-refractivity contribution in [3.63, 3.8) is 0 Å². The van der Waals surface area contributed by atoms with Crippen molar-refractivity contribution in [2.45, 2.75) is 24.4 Å². The molecule has 9 heteroatoms. The predicted octanol–water partition coefficient (Wildman–Crippen LogP) is -7.83. The molecule has 0 rings (SSSR count). The van der Waals surface area contributed by atoms with E-state index >= 15 is 0 Å². The molecule has 0 amide bonds. The zero-order chi connectivity index (χ0) is 10.6. The van der Waals surface area contributed by atoms with Gasteiger partial charge in [0, 0.05) is 0 Å². The van der Waals surface area contributed by atoms with Crippen LogP contribution in [0.2, 0.25) is 0 Å². The first-order valence-electron chi connectivity index (χ1n) is 3.45. The number of carboxylic acid groups (broad SMARTS) is 1. The monoisotopic (exact) mass is 293 g/mol. The summed E-state index contributed by atoms with van der Waals surface area (Å²) < 4.78 is 0. The Morgan fingerprint density at radius 2 is 1.53 bits per heavy atom. The quantitative estimate of drug-likeness (QED) is 0.317. The second-order valence-corrected chi connectivity index (χ2v) is 2.49.